The van der Waals surface area contributed by atoms with Crippen LogP contribution in [0.1, 0.15) is 11.3 Å². The van der Waals surface area contributed by atoms with Gasteiger partial charge in [0.2, 0.25) is 0 Å². The van der Waals surface area contributed by atoms with Crippen LogP contribution in [0.5, 0.6) is 0 Å². The van der Waals surface area contributed by atoms with Crippen LogP contribution < -0.4 is 5.73 Å². The summed E-state index contributed by atoms with van der Waals surface area (Å²) in [5.74, 6) is 1.52. The molecule has 1 aromatic carbocycles. The van der Waals surface area contributed by atoms with Crippen LogP contribution in [0.2, 0.25) is 0 Å². The summed E-state index contributed by atoms with van der Waals surface area (Å²) in [6.07, 6.45) is 1.72. The zero-order valence-electron chi connectivity index (χ0n) is 11.8. The number of furan rings is 1. The minimum atomic E-state index is 0.655. The molecule has 0 fully saturated rings. The Hall–Kier alpha value is -2.49. The summed E-state index contributed by atoms with van der Waals surface area (Å²) >= 11 is 0. The van der Waals surface area contributed by atoms with Gasteiger partial charge in [-0.05, 0) is 25.5 Å². The van der Waals surface area contributed by atoms with E-state index in [1.165, 1.54) is 5.56 Å². The Morgan fingerprint density at radius 1 is 1.10 bits per heavy atom. The van der Waals surface area contributed by atoms with E-state index >= 15 is 0 Å². The highest BCUT2D eigenvalue weighted by Crippen LogP contribution is 2.36. The molecule has 0 bridgehead atoms. The topological polar surface area (TPSA) is 57.0 Å². The van der Waals surface area contributed by atoms with Crippen LogP contribution >= 0.6 is 0 Å². The maximum Gasteiger partial charge on any atom is 0.129 e. The summed E-state index contributed by atoms with van der Waals surface area (Å²) in [6, 6.07) is 10.3. The fraction of sp³-hybridized carbons (Fsp3) is 0.188. The molecule has 0 aliphatic carbocycles. The first-order valence-electron chi connectivity index (χ1n) is 6.51. The molecule has 0 saturated carbocycles. The maximum atomic E-state index is 6.19. The number of rotatable bonds is 2. The molecular weight excluding hydrogens is 250 g/mol. The SMILES string of the molecule is Cc1ccc(-c2c(-c3coc(C)c3)nn(C)c2N)cc1. The van der Waals surface area contributed by atoms with E-state index in [9.17, 15) is 0 Å². The molecule has 20 heavy (non-hydrogen) atoms. The normalized spacial score (nSPS) is 10.9. The van der Waals surface area contributed by atoms with Crippen LogP contribution in [-0.4, -0.2) is 9.78 Å². The largest absolute Gasteiger partial charge is 0.469 e. The number of nitrogens with two attached hydrogens (primary N) is 1. The number of benzene rings is 1. The maximum absolute atomic E-state index is 6.19. The first kappa shape index (κ1) is 12.5. The Balaban J connectivity index is 2.21. The zero-order valence-corrected chi connectivity index (χ0v) is 11.8. The van der Waals surface area contributed by atoms with Crippen molar-refractivity contribution < 1.29 is 4.42 Å². The summed E-state index contributed by atoms with van der Waals surface area (Å²) < 4.78 is 7.09. The average Bonchev–Trinajstić information content (AvgIpc) is 2.97. The molecule has 2 N–H and O–H groups in total. The third kappa shape index (κ3) is 1.99. The van der Waals surface area contributed by atoms with Crippen molar-refractivity contribution in [3.05, 3.63) is 47.9 Å². The smallest absolute Gasteiger partial charge is 0.129 e. The molecule has 0 spiro atoms. The van der Waals surface area contributed by atoms with Gasteiger partial charge in [-0.15, -0.1) is 0 Å². The highest BCUT2D eigenvalue weighted by molar-refractivity contribution is 5.88. The Morgan fingerprint density at radius 2 is 1.80 bits per heavy atom. The number of aromatic nitrogens is 2. The van der Waals surface area contributed by atoms with E-state index in [1.807, 2.05) is 20.0 Å². The molecule has 2 aromatic heterocycles. The van der Waals surface area contributed by atoms with E-state index in [0.29, 0.717) is 5.82 Å². The third-order valence-electron chi connectivity index (χ3n) is 3.44. The zero-order chi connectivity index (χ0) is 14.3. The molecule has 0 saturated heterocycles. The van der Waals surface area contributed by atoms with Crippen molar-refractivity contribution in [2.75, 3.05) is 5.73 Å². The van der Waals surface area contributed by atoms with E-state index in [2.05, 4.69) is 36.3 Å². The van der Waals surface area contributed by atoms with E-state index in [0.717, 1.165) is 28.1 Å². The number of nitrogen functional groups attached to an aromatic ring is 1. The lowest BCUT2D eigenvalue weighted by Gasteiger charge is -2.03. The molecule has 3 aromatic rings. The van der Waals surface area contributed by atoms with Crippen molar-refractivity contribution in [1.29, 1.82) is 0 Å². The number of hydrogen-bond acceptors (Lipinski definition) is 3. The predicted octanol–water partition coefficient (Wildman–Crippen LogP) is 3.55. The number of aryl methyl sites for hydroxylation is 3. The van der Waals surface area contributed by atoms with Crippen molar-refractivity contribution in [2.24, 2.45) is 7.05 Å². The fourth-order valence-corrected chi connectivity index (χ4v) is 2.31. The summed E-state index contributed by atoms with van der Waals surface area (Å²) in [6.45, 7) is 3.98. The van der Waals surface area contributed by atoms with Crippen LogP contribution in [0.4, 0.5) is 5.82 Å². The summed E-state index contributed by atoms with van der Waals surface area (Å²) in [7, 11) is 1.85. The van der Waals surface area contributed by atoms with E-state index in [4.69, 9.17) is 10.2 Å². The van der Waals surface area contributed by atoms with Gasteiger partial charge in [0.1, 0.15) is 23.5 Å². The van der Waals surface area contributed by atoms with Gasteiger partial charge in [-0.2, -0.15) is 5.10 Å². The van der Waals surface area contributed by atoms with Crippen LogP contribution in [0.3, 0.4) is 0 Å². The second-order valence-electron chi connectivity index (χ2n) is 5.04. The lowest BCUT2D eigenvalue weighted by atomic mass is 10.0. The van der Waals surface area contributed by atoms with Gasteiger partial charge in [0.15, 0.2) is 0 Å². The lowest BCUT2D eigenvalue weighted by Crippen LogP contribution is -1.97. The van der Waals surface area contributed by atoms with Crippen molar-refractivity contribution in [3.63, 3.8) is 0 Å². The van der Waals surface area contributed by atoms with Gasteiger partial charge in [-0.25, -0.2) is 0 Å². The highest BCUT2D eigenvalue weighted by Gasteiger charge is 2.18. The first-order chi connectivity index (χ1) is 9.56. The third-order valence-corrected chi connectivity index (χ3v) is 3.44. The molecule has 0 radical (unpaired) electrons. The second-order valence-corrected chi connectivity index (χ2v) is 5.04. The molecule has 0 amide bonds. The number of anilines is 1. The van der Waals surface area contributed by atoms with Gasteiger partial charge >= 0.3 is 0 Å². The number of hydrogen-bond donors (Lipinski definition) is 1. The highest BCUT2D eigenvalue weighted by atomic mass is 16.3. The monoisotopic (exact) mass is 267 g/mol. The summed E-state index contributed by atoms with van der Waals surface area (Å²) in [5, 5.41) is 4.52. The summed E-state index contributed by atoms with van der Waals surface area (Å²) in [5.41, 5.74) is 11.2. The Morgan fingerprint density at radius 3 is 2.40 bits per heavy atom. The minimum absolute atomic E-state index is 0.655. The second kappa shape index (κ2) is 4.56. The van der Waals surface area contributed by atoms with Crippen LogP contribution in [-0.2, 0) is 7.05 Å². The lowest BCUT2D eigenvalue weighted by molar-refractivity contribution is 0.535. The van der Waals surface area contributed by atoms with E-state index in [1.54, 1.807) is 10.9 Å². The average molecular weight is 267 g/mol. The van der Waals surface area contributed by atoms with Gasteiger partial charge in [-0.3, -0.25) is 4.68 Å². The van der Waals surface area contributed by atoms with Crippen molar-refractivity contribution in [1.82, 2.24) is 9.78 Å². The van der Waals surface area contributed by atoms with Crippen LogP contribution in [0.25, 0.3) is 22.4 Å². The minimum Gasteiger partial charge on any atom is -0.469 e. The van der Waals surface area contributed by atoms with E-state index < -0.39 is 0 Å². The van der Waals surface area contributed by atoms with Gasteiger partial charge in [0, 0.05) is 12.6 Å². The summed E-state index contributed by atoms with van der Waals surface area (Å²) in [4.78, 5) is 0. The molecule has 102 valence electrons. The fourth-order valence-electron chi connectivity index (χ4n) is 2.31. The molecule has 0 aliphatic heterocycles. The Bertz CT molecular complexity index is 751. The predicted molar refractivity (Wildman–Crippen MR) is 80.2 cm³/mol. The van der Waals surface area contributed by atoms with Gasteiger partial charge in [0.25, 0.3) is 0 Å². The van der Waals surface area contributed by atoms with Crippen molar-refractivity contribution >= 4 is 5.82 Å². The number of nitrogens with zero attached hydrogens (tertiary/aromatic N) is 2. The van der Waals surface area contributed by atoms with Crippen molar-refractivity contribution in [3.8, 4) is 22.4 Å². The van der Waals surface area contributed by atoms with Crippen molar-refractivity contribution in [2.45, 2.75) is 13.8 Å². The molecule has 4 nitrogen and oxygen atoms in total. The molecule has 0 aliphatic rings. The van der Waals surface area contributed by atoms with E-state index in [-0.39, 0.29) is 0 Å². The van der Waals surface area contributed by atoms with Gasteiger partial charge < -0.3 is 10.2 Å². The molecule has 0 unspecified atom stereocenters. The quantitative estimate of drug-likeness (QED) is 0.772. The Kier molecular flexibility index (Phi) is 2.86. The standard InChI is InChI=1S/C16H17N3O/c1-10-4-6-12(7-5-10)14-15(18-19(3)16(14)17)13-8-11(2)20-9-13/h4-9H,17H2,1-3H3. The molecule has 0 atom stereocenters. The molecule has 2 heterocycles. The van der Waals surface area contributed by atoms with Gasteiger partial charge in [-0.1, -0.05) is 29.8 Å². The van der Waals surface area contributed by atoms with Gasteiger partial charge in [0.05, 0.1) is 5.56 Å². The Labute approximate surface area is 117 Å². The molecule has 3 rings (SSSR count). The van der Waals surface area contributed by atoms with Crippen LogP contribution in [0, 0.1) is 13.8 Å². The van der Waals surface area contributed by atoms with Crippen LogP contribution in [0.15, 0.2) is 41.0 Å². The molecule has 4 heteroatoms. The molecular formula is C16H17N3O. The first-order valence-corrected chi connectivity index (χ1v) is 6.51.